The van der Waals surface area contributed by atoms with Gasteiger partial charge in [0.2, 0.25) is 10.0 Å². The molecule has 0 saturated carbocycles. The zero-order valence-electron chi connectivity index (χ0n) is 15.8. The minimum atomic E-state index is -3.45. The van der Waals surface area contributed by atoms with Crippen molar-refractivity contribution in [3.63, 3.8) is 0 Å². The van der Waals surface area contributed by atoms with Gasteiger partial charge >= 0.3 is 0 Å². The molecule has 0 atom stereocenters. The van der Waals surface area contributed by atoms with Crippen LogP contribution in [0.3, 0.4) is 0 Å². The molecule has 1 saturated heterocycles. The largest absolute Gasteiger partial charge is 0.497 e. The molecule has 146 valence electrons. The van der Waals surface area contributed by atoms with Crippen molar-refractivity contribution in [3.05, 3.63) is 54.1 Å². The van der Waals surface area contributed by atoms with Gasteiger partial charge in [-0.3, -0.25) is 0 Å². The number of hydrogen-bond donors (Lipinski definition) is 1. The molecular weight excluding hydrogens is 364 g/mol. The van der Waals surface area contributed by atoms with E-state index in [0.717, 1.165) is 25.4 Å². The van der Waals surface area contributed by atoms with E-state index in [1.807, 2.05) is 19.1 Å². The molecule has 0 radical (unpaired) electrons. The maximum Gasteiger partial charge on any atom is 0.243 e. The summed E-state index contributed by atoms with van der Waals surface area (Å²) in [6.45, 7) is 6.17. The highest BCUT2D eigenvalue weighted by atomic mass is 32.2. The average Bonchev–Trinajstić information content (AvgIpc) is 2.70. The molecule has 1 aliphatic rings. The Morgan fingerprint density at radius 2 is 1.56 bits per heavy atom. The van der Waals surface area contributed by atoms with Crippen molar-refractivity contribution in [2.24, 2.45) is 0 Å². The van der Waals surface area contributed by atoms with Crippen LogP contribution in [0.15, 0.2) is 53.4 Å². The highest BCUT2D eigenvalue weighted by Crippen LogP contribution is 2.19. The summed E-state index contributed by atoms with van der Waals surface area (Å²) in [7, 11) is -1.88. The van der Waals surface area contributed by atoms with Gasteiger partial charge in [-0.1, -0.05) is 0 Å². The van der Waals surface area contributed by atoms with Crippen LogP contribution in [0.1, 0.15) is 12.5 Å². The number of methoxy groups -OCH3 is 1. The molecule has 1 heterocycles. The molecule has 6 nitrogen and oxygen atoms in total. The first-order chi connectivity index (χ1) is 13.0. The fourth-order valence-corrected chi connectivity index (χ4v) is 4.72. The third-order valence-electron chi connectivity index (χ3n) is 4.82. The second-order valence-electron chi connectivity index (χ2n) is 6.58. The van der Waals surface area contributed by atoms with Crippen LogP contribution in [0.5, 0.6) is 11.5 Å². The Hall–Kier alpha value is -2.09. The molecule has 0 unspecified atom stereocenters. The van der Waals surface area contributed by atoms with Crippen molar-refractivity contribution >= 4 is 10.0 Å². The van der Waals surface area contributed by atoms with E-state index in [1.54, 1.807) is 35.7 Å². The van der Waals surface area contributed by atoms with Gasteiger partial charge in [-0.2, -0.15) is 4.31 Å². The summed E-state index contributed by atoms with van der Waals surface area (Å²) in [5.41, 5.74) is 1.24. The van der Waals surface area contributed by atoms with Crippen molar-refractivity contribution in [1.82, 2.24) is 4.31 Å². The fourth-order valence-electron chi connectivity index (χ4n) is 3.28. The number of piperazine rings is 1. The second kappa shape index (κ2) is 8.73. The Bertz CT molecular complexity index is 827. The van der Waals surface area contributed by atoms with Crippen molar-refractivity contribution in [1.29, 1.82) is 0 Å². The van der Waals surface area contributed by atoms with E-state index in [9.17, 15) is 8.42 Å². The minimum absolute atomic E-state index is 0.318. The molecule has 1 fully saturated rings. The average molecular weight is 392 g/mol. The maximum absolute atomic E-state index is 12.8. The SMILES string of the molecule is CCOc1ccc(C[NH+]2CCN(S(=O)(=O)c3ccc(OC)cc3)CC2)cc1. The van der Waals surface area contributed by atoms with Crippen molar-refractivity contribution in [2.75, 3.05) is 39.9 Å². The van der Waals surface area contributed by atoms with Crippen LogP contribution in [0.25, 0.3) is 0 Å². The lowest BCUT2D eigenvalue weighted by Gasteiger charge is -2.31. The van der Waals surface area contributed by atoms with Crippen LogP contribution in [-0.4, -0.2) is 52.6 Å². The summed E-state index contributed by atoms with van der Waals surface area (Å²) >= 11 is 0. The van der Waals surface area contributed by atoms with Crippen LogP contribution in [0, 0.1) is 0 Å². The Morgan fingerprint density at radius 3 is 2.11 bits per heavy atom. The number of quaternary nitrogens is 1. The first kappa shape index (κ1) is 19.7. The molecule has 0 bridgehead atoms. The molecule has 1 N–H and O–H groups in total. The first-order valence-corrected chi connectivity index (χ1v) is 10.7. The van der Waals surface area contributed by atoms with Gasteiger partial charge in [0, 0.05) is 5.56 Å². The van der Waals surface area contributed by atoms with Crippen molar-refractivity contribution in [3.8, 4) is 11.5 Å². The number of nitrogens with one attached hydrogen (secondary N) is 1. The molecular formula is C20H27N2O4S+. The summed E-state index contributed by atoms with van der Waals surface area (Å²) in [6, 6.07) is 14.7. The monoisotopic (exact) mass is 391 g/mol. The number of rotatable bonds is 7. The standard InChI is InChI=1S/C20H26N2O4S/c1-3-26-19-6-4-17(5-7-19)16-21-12-14-22(15-13-21)27(23,24)20-10-8-18(25-2)9-11-20/h4-11H,3,12-16H2,1-2H3/p+1. The maximum atomic E-state index is 12.8. The lowest BCUT2D eigenvalue weighted by Crippen LogP contribution is -3.13. The van der Waals surface area contributed by atoms with Crippen LogP contribution in [0.2, 0.25) is 0 Å². The summed E-state index contributed by atoms with van der Waals surface area (Å²) < 4.78 is 37.8. The summed E-state index contributed by atoms with van der Waals surface area (Å²) in [5, 5.41) is 0. The van der Waals surface area contributed by atoms with E-state index in [2.05, 4.69) is 12.1 Å². The van der Waals surface area contributed by atoms with Crippen LogP contribution in [0.4, 0.5) is 0 Å². The van der Waals surface area contributed by atoms with E-state index in [1.165, 1.54) is 10.5 Å². The third kappa shape index (κ3) is 4.80. The van der Waals surface area contributed by atoms with Gasteiger partial charge in [0.05, 0.1) is 44.8 Å². The second-order valence-corrected chi connectivity index (χ2v) is 8.52. The molecule has 0 aliphatic carbocycles. The highest BCUT2D eigenvalue weighted by Gasteiger charge is 2.30. The van der Waals surface area contributed by atoms with Gasteiger partial charge in [0.25, 0.3) is 0 Å². The number of nitrogens with zero attached hydrogens (tertiary/aromatic N) is 1. The number of ether oxygens (including phenoxy) is 2. The van der Waals surface area contributed by atoms with Gasteiger partial charge in [-0.25, -0.2) is 8.42 Å². The van der Waals surface area contributed by atoms with E-state index < -0.39 is 10.0 Å². The molecule has 2 aromatic rings. The van der Waals surface area contributed by atoms with E-state index in [0.29, 0.717) is 30.3 Å². The van der Waals surface area contributed by atoms with Crippen molar-refractivity contribution < 1.29 is 22.8 Å². The van der Waals surface area contributed by atoms with Crippen LogP contribution in [-0.2, 0) is 16.6 Å². The lowest BCUT2D eigenvalue weighted by atomic mass is 10.2. The lowest BCUT2D eigenvalue weighted by molar-refractivity contribution is -0.917. The molecule has 7 heteroatoms. The summed E-state index contributed by atoms with van der Waals surface area (Å²) in [6.07, 6.45) is 0. The fraction of sp³-hybridized carbons (Fsp3) is 0.400. The Labute approximate surface area is 161 Å². The highest BCUT2D eigenvalue weighted by molar-refractivity contribution is 7.89. The van der Waals surface area contributed by atoms with E-state index in [-0.39, 0.29) is 0 Å². The predicted molar refractivity (Wildman–Crippen MR) is 104 cm³/mol. The zero-order valence-corrected chi connectivity index (χ0v) is 16.7. The molecule has 2 aromatic carbocycles. The minimum Gasteiger partial charge on any atom is -0.497 e. The van der Waals surface area contributed by atoms with Gasteiger partial charge < -0.3 is 14.4 Å². The third-order valence-corrected chi connectivity index (χ3v) is 6.73. The van der Waals surface area contributed by atoms with Crippen LogP contribution >= 0.6 is 0 Å². The quantitative estimate of drug-likeness (QED) is 0.770. The zero-order chi connectivity index (χ0) is 19.3. The normalized spacial score (nSPS) is 16.2. The van der Waals surface area contributed by atoms with Gasteiger partial charge in [0.1, 0.15) is 18.0 Å². The Balaban J connectivity index is 1.57. The summed E-state index contributed by atoms with van der Waals surface area (Å²) in [5.74, 6) is 1.53. The number of hydrogen-bond acceptors (Lipinski definition) is 4. The molecule has 3 rings (SSSR count). The molecule has 27 heavy (non-hydrogen) atoms. The molecule has 1 aliphatic heterocycles. The van der Waals surface area contributed by atoms with Gasteiger partial charge in [0.15, 0.2) is 0 Å². The van der Waals surface area contributed by atoms with Crippen molar-refractivity contribution in [2.45, 2.75) is 18.4 Å². The Morgan fingerprint density at radius 1 is 0.963 bits per heavy atom. The topological polar surface area (TPSA) is 60.3 Å². The predicted octanol–water partition coefficient (Wildman–Crippen LogP) is 1.18. The van der Waals surface area contributed by atoms with Gasteiger partial charge in [-0.15, -0.1) is 0 Å². The number of sulfonamides is 1. The molecule has 0 amide bonds. The summed E-state index contributed by atoms with van der Waals surface area (Å²) in [4.78, 5) is 1.71. The Kier molecular flexibility index (Phi) is 6.36. The number of benzene rings is 2. The first-order valence-electron chi connectivity index (χ1n) is 9.22. The smallest absolute Gasteiger partial charge is 0.243 e. The van der Waals surface area contributed by atoms with E-state index >= 15 is 0 Å². The van der Waals surface area contributed by atoms with E-state index in [4.69, 9.17) is 9.47 Å². The molecule has 0 aromatic heterocycles. The van der Waals surface area contributed by atoms with Gasteiger partial charge in [-0.05, 0) is 55.5 Å². The molecule has 0 spiro atoms. The van der Waals surface area contributed by atoms with Crippen LogP contribution < -0.4 is 14.4 Å².